The molecule has 0 atom stereocenters. The van der Waals surface area contributed by atoms with Gasteiger partial charge in [0, 0.05) is 5.41 Å². The minimum Gasteiger partial charge on any atom is -0.0622 e. The standard InChI is InChI=1S/C36H28/c1-23-27-16-7-8-18-29(27)35(26-15-11-14-25(20-26)24-12-5-4-6-13-24)32-21-31-28-17-9-10-19-33(28)36(2,3)34(31)22-30(23)32/h4-22H,1-3H3. The molecule has 0 amide bonds. The third kappa shape index (κ3) is 2.94. The van der Waals surface area contributed by atoms with Crippen molar-refractivity contribution in [1.82, 2.24) is 0 Å². The SMILES string of the molecule is Cc1c2ccccc2c(-c2cccc(-c3ccccc3)c2)c2cc3c(cc12)C(C)(C)c1ccccc1-3. The summed E-state index contributed by atoms with van der Waals surface area (Å²) in [4.78, 5) is 0. The third-order valence-corrected chi connectivity index (χ3v) is 8.25. The first kappa shape index (κ1) is 21.1. The molecule has 6 aromatic rings. The molecule has 36 heavy (non-hydrogen) atoms. The zero-order valence-electron chi connectivity index (χ0n) is 21.0. The van der Waals surface area contributed by atoms with Gasteiger partial charge in [-0.2, -0.15) is 0 Å². The molecule has 0 saturated heterocycles. The molecule has 0 spiro atoms. The molecule has 172 valence electrons. The second-order valence-electron chi connectivity index (χ2n) is 10.6. The van der Waals surface area contributed by atoms with Gasteiger partial charge in [0.1, 0.15) is 0 Å². The number of hydrogen-bond donors (Lipinski definition) is 0. The molecule has 0 unspecified atom stereocenters. The van der Waals surface area contributed by atoms with Crippen LogP contribution in [0.15, 0.2) is 115 Å². The van der Waals surface area contributed by atoms with E-state index in [4.69, 9.17) is 0 Å². The summed E-state index contributed by atoms with van der Waals surface area (Å²) in [6.07, 6.45) is 0. The van der Waals surface area contributed by atoms with E-state index in [0.29, 0.717) is 0 Å². The van der Waals surface area contributed by atoms with Crippen LogP contribution >= 0.6 is 0 Å². The van der Waals surface area contributed by atoms with Gasteiger partial charge in [-0.1, -0.05) is 111 Å². The Morgan fingerprint density at radius 3 is 1.94 bits per heavy atom. The van der Waals surface area contributed by atoms with E-state index in [1.165, 1.54) is 71.6 Å². The fourth-order valence-electron chi connectivity index (χ4n) is 6.38. The zero-order valence-corrected chi connectivity index (χ0v) is 21.0. The lowest BCUT2D eigenvalue weighted by atomic mass is 9.80. The summed E-state index contributed by atoms with van der Waals surface area (Å²) in [5.41, 5.74) is 12.0. The molecule has 0 bridgehead atoms. The summed E-state index contributed by atoms with van der Waals surface area (Å²) in [5.74, 6) is 0. The molecule has 0 aromatic heterocycles. The van der Waals surface area contributed by atoms with E-state index in [0.717, 1.165) is 0 Å². The van der Waals surface area contributed by atoms with Crippen LogP contribution in [0.4, 0.5) is 0 Å². The number of benzene rings is 6. The van der Waals surface area contributed by atoms with Crippen molar-refractivity contribution in [2.75, 3.05) is 0 Å². The third-order valence-electron chi connectivity index (χ3n) is 8.25. The van der Waals surface area contributed by atoms with Gasteiger partial charge in [0.25, 0.3) is 0 Å². The lowest BCUT2D eigenvalue weighted by Gasteiger charge is -2.23. The molecule has 0 saturated carbocycles. The average Bonchev–Trinajstić information content (AvgIpc) is 3.15. The highest BCUT2D eigenvalue weighted by molar-refractivity contribution is 6.16. The van der Waals surface area contributed by atoms with Crippen molar-refractivity contribution in [3.05, 3.63) is 132 Å². The molecular weight excluding hydrogens is 432 g/mol. The molecule has 0 heteroatoms. The van der Waals surface area contributed by atoms with Crippen molar-refractivity contribution < 1.29 is 0 Å². The molecular formula is C36H28. The first-order valence-corrected chi connectivity index (χ1v) is 12.8. The maximum absolute atomic E-state index is 2.48. The highest BCUT2D eigenvalue weighted by Crippen LogP contribution is 2.51. The predicted molar refractivity (Wildman–Crippen MR) is 155 cm³/mol. The van der Waals surface area contributed by atoms with Crippen molar-refractivity contribution >= 4 is 21.5 Å². The molecule has 0 N–H and O–H groups in total. The van der Waals surface area contributed by atoms with Gasteiger partial charge < -0.3 is 0 Å². The lowest BCUT2D eigenvalue weighted by Crippen LogP contribution is -2.14. The van der Waals surface area contributed by atoms with E-state index in [1.54, 1.807) is 0 Å². The monoisotopic (exact) mass is 460 g/mol. The van der Waals surface area contributed by atoms with Gasteiger partial charge in [0.05, 0.1) is 0 Å². The van der Waals surface area contributed by atoms with E-state index in [-0.39, 0.29) is 5.41 Å². The quantitative estimate of drug-likeness (QED) is 0.226. The molecule has 0 nitrogen and oxygen atoms in total. The van der Waals surface area contributed by atoms with Crippen LogP contribution < -0.4 is 0 Å². The molecule has 0 fully saturated rings. The van der Waals surface area contributed by atoms with Gasteiger partial charge >= 0.3 is 0 Å². The number of rotatable bonds is 2. The Kier molecular flexibility index (Phi) is 4.51. The van der Waals surface area contributed by atoms with Crippen LogP contribution in [-0.2, 0) is 5.41 Å². The van der Waals surface area contributed by atoms with Crippen LogP contribution in [0.25, 0.3) is 54.9 Å². The van der Waals surface area contributed by atoms with E-state index < -0.39 is 0 Å². The maximum Gasteiger partial charge on any atom is 0.0159 e. The van der Waals surface area contributed by atoms with E-state index in [2.05, 4.69) is 136 Å². The van der Waals surface area contributed by atoms with Crippen LogP contribution in [0.2, 0.25) is 0 Å². The van der Waals surface area contributed by atoms with Gasteiger partial charge in [0.2, 0.25) is 0 Å². The highest BCUT2D eigenvalue weighted by Gasteiger charge is 2.35. The van der Waals surface area contributed by atoms with Crippen LogP contribution in [0.5, 0.6) is 0 Å². The summed E-state index contributed by atoms with van der Waals surface area (Å²) in [6.45, 7) is 7.02. The molecule has 0 heterocycles. The number of hydrogen-bond acceptors (Lipinski definition) is 0. The van der Waals surface area contributed by atoms with Crippen molar-refractivity contribution in [3.63, 3.8) is 0 Å². The fraction of sp³-hybridized carbons (Fsp3) is 0.111. The second-order valence-corrected chi connectivity index (χ2v) is 10.6. The topological polar surface area (TPSA) is 0 Å². The van der Waals surface area contributed by atoms with Gasteiger partial charge in [0.15, 0.2) is 0 Å². The van der Waals surface area contributed by atoms with Crippen LogP contribution in [0, 0.1) is 6.92 Å². The van der Waals surface area contributed by atoms with Crippen molar-refractivity contribution in [3.8, 4) is 33.4 Å². The molecule has 1 aliphatic carbocycles. The molecule has 6 aromatic carbocycles. The average molecular weight is 461 g/mol. The molecule has 0 aliphatic heterocycles. The number of aryl methyl sites for hydroxylation is 1. The Morgan fingerprint density at radius 1 is 0.444 bits per heavy atom. The van der Waals surface area contributed by atoms with Gasteiger partial charge in [-0.15, -0.1) is 0 Å². The Labute approximate surface area is 212 Å². The number of fused-ring (bicyclic) bond motifs is 5. The Morgan fingerprint density at radius 2 is 1.11 bits per heavy atom. The van der Waals surface area contributed by atoms with Crippen molar-refractivity contribution in [2.24, 2.45) is 0 Å². The van der Waals surface area contributed by atoms with Crippen LogP contribution in [0.3, 0.4) is 0 Å². The van der Waals surface area contributed by atoms with E-state index in [9.17, 15) is 0 Å². The normalized spacial score (nSPS) is 13.6. The summed E-state index contributed by atoms with van der Waals surface area (Å²) in [5, 5.41) is 5.34. The first-order chi connectivity index (χ1) is 17.5. The summed E-state index contributed by atoms with van der Waals surface area (Å²) < 4.78 is 0. The minimum atomic E-state index is -0.00834. The summed E-state index contributed by atoms with van der Waals surface area (Å²) in [7, 11) is 0. The maximum atomic E-state index is 2.48. The van der Waals surface area contributed by atoms with Gasteiger partial charge in [-0.3, -0.25) is 0 Å². The summed E-state index contributed by atoms with van der Waals surface area (Å²) >= 11 is 0. The fourth-order valence-corrected chi connectivity index (χ4v) is 6.38. The van der Waals surface area contributed by atoms with Crippen LogP contribution in [-0.4, -0.2) is 0 Å². The van der Waals surface area contributed by atoms with E-state index >= 15 is 0 Å². The van der Waals surface area contributed by atoms with Gasteiger partial charge in [-0.25, -0.2) is 0 Å². The largest absolute Gasteiger partial charge is 0.0622 e. The Bertz CT molecular complexity index is 1800. The molecule has 7 rings (SSSR count). The predicted octanol–water partition coefficient (Wildman–Crippen LogP) is 9.94. The zero-order chi connectivity index (χ0) is 24.4. The second kappa shape index (κ2) is 7.67. The molecule has 0 radical (unpaired) electrons. The minimum absolute atomic E-state index is 0.00834. The highest BCUT2D eigenvalue weighted by atomic mass is 14.4. The first-order valence-electron chi connectivity index (χ1n) is 12.8. The summed E-state index contributed by atoms with van der Waals surface area (Å²) in [6, 6.07) is 42.5. The van der Waals surface area contributed by atoms with Crippen molar-refractivity contribution in [1.29, 1.82) is 0 Å². The van der Waals surface area contributed by atoms with Gasteiger partial charge in [-0.05, 0) is 96.7 Å². The smallest absolute Gasteiger partial charge is 0.0159 e. The van der Waals surface area contributed by atoms with Crippen molar-refractivity contribution in [2.45, 2.75) is 26.2 Å². The lowest BCUT2D eigenvalue weighted by molar-refractivity contribution is 0.661. The Balaban J connectivity index is 1.60. The van der Waals surface area contributed by atoms with Crippen LogP contribution in [0.1, 0.15) is 30.5 Å². The Hall–Kier alpha value is -4.16. The van der Waals surface area contributed by atoms with E-state index in [1.807, 2.05) is 0 Å². The molecule has 1 aliphatic rings.